The van der Waals surface area contributed by atoms with Crippen LogP contribution in [0.15, 0.2) is 41.4 Å². The second kappa shape index (κ2) is 4.79. The van der Waals surface area contributed by atoms with Crippen molar-refractivity contribution in [3.05, 3.63) is 53.3 Å². The zero-order valence-electron chi connectivity index (χ0n) is 10.0. The molecule has 1 nitrogen and oxygen atoms in total. The minimum Gasteiger partial charge on any atom is -0.292 e. The van der Waals surface area contributed by atoms with E-state index in [-0.39, 0.29) is 0 Å². The van der Waals surface area contributed by atoms with Crippen LogP contribution in [-0.2, 0) is 6.42 Å². The van der Waals surface area contributed by atoms with E-state index >= 15 is 0 Å². The summed E-state index contributed by atoms with van der Waals surface area (Å²) in [5, 5.41) is 0. The smallest absolute Gasteiger partial charge is 0.0319 e. The maximum absolute atomic E-state index is 2.25. The van der Waals surface area contributed by atoms with Gasteiger partial charge in [0.1, 0.15) is 0 Å². The van der Waals surface area contributed by atoms with Crippen molar-refractivity contribution in [2.75, 3.05) is 0 Å². The molecule has 0 N–H and O–H groups in total. The Morgan fingerprint density at radius 3 is 2.69 bits per heavy atom. The highest BCUT2D eigenvalue weighted by atomic mass is 32.2. The summed E-state index contributed by atoms with van der Waals surface area (Å²) in [6.07, 6.45) is 3.20. The number of rotatable bonds is 3. The van der Waals surface area contributed by atoms with Gasteiger partial charge in [-0.2, -0.15) is 0 Å². The van der Waals surface area contributed by atoms with Crippen LogP contribution < -0.4 is 0 Å². The van der Waals surface area contributed by atoms with Gasteiger partial charge in [0.25, 0.3) is 0 Å². The highest BCUT2D eigenvalue weighted by molar-refractivity contribution is 7.98. The van der Waals surface area contributed by atoms with Crippen molar-refractivity contribution >= 4 is 11.9 Å². The van der Waals surface area contributed by atoms with E-state index in [1.54, 1.807) is 11.9 Å². The average molecular weight is 231 g/mol. The number of hydrogen-bond donors (Lipinski definition) is 0. The van der Waals surface area contributed by atoms with E-state index in [0.29, 0.717) is 0 Å². The summed E-state index contributed by atoms with van der Waals surface area (Å²) in [5.74, 6) is 0. The lowest BCUT2D eigenvalue weighted by molar-refractivity contribution is 1.02. The zero-order chi connectivity index (χ0) is 11.5. The Labute approximate surface area is 102 Å². The fourth-order valence-electron chi connectivity index (χ4n) is 1.77. The van der Waals surface area contributed by atoms with Crippen LogP contribution in [-0.4, -0.2) is 3.97 Å². The van der Waals surface area contributed by atoms with Crippen molar-refractivity contribution in [1.82, 2.24) is 3.97 Å². The van der Waals surface area contributed by atoms with Crippen molar-refractivity contribution in [1.29, 1.82) is 0 Å². The predicted octanol–water partition coefficient (Wildman–Crippen LogP) is 4.22. The standard InChI is InChI=1S/C14H17NS/c1-4-13-6-5-9-15(13)16-14-8-7-11(2)10-12(14)3/h5-10H,4H2,1-3H3. The molecule has 0 fully saturated rings. The first-order valence-corrected chi connectivity index (χ1v) is 6.40. The Kier molecular flexibility index (Phi) is 3.39. The van der Waals surface area contributed by atoms with Crippen molar-refractivity contribution < 1.29 is 0 Å². The molecule has 84 valence electrons. The quantitative estimate of drug-likeness (QED) is 0.765. The third kappa shape index (κ3) is 2.33. The molecule has 1 heterocycles. The molecule has 2 heteroatoms. The number of aromatic nitrogens is 1. The third-order valence-corrected chi connectivity index (χ3v) is 3.89. The van der Waals surface area contributed by atoms with Gasteiger partial charge in [0.2, 0.25) is 0 Å². The Morgan fingerprint density at radius 2 is 2.00 bits per heavy atom. The van der Waals surface area contributed by atoms with Gasteiger partial charge in [-0.1, -0.05) is 24.6 Å². The molecular weight excluding hydrogens is 214 g/mol. The molecule has 2 aromatic rings. The summed E-state index contributed by atoms with van der Waals surface area (Å²) in [6, 6.07) is 10.9. The Bertz CT molecular complexity index is 485. The lowest BCUT2D eigenvalue weighted by Gasteiger charge is -2.09. The molecule has 0 unspecified atom stereocenters. The molecule has 0 bridgehead atoms. The number of nitrogens with zero attached hydrogens (tertiary/aromatic N) is 1. The van der Waals surface area contributed by atoms with Gasteiger partial charge in [-0.3, -0.25) is 3.97 Å². The summed E-state index contributed by atoms with van der Waals surface area (Å²) in [7, 11) is 0. The van der Waals surface area contributed by atoms with E-state index in [2.05, 4.69) is 61.3 Å². The molecule has 0 aliphatic heterocycles. The van der Waals surface area contributed by atoms with E-state index in [0.717, 1.165) is 6.42 Å². The number of benzene rings is 1. The van der Waals surface area contributed by atoms with Crippen LogP contribution in [0.1, 0.15) is 23.7 Å². The molecule has 1 aromatic carbocycles. The highest BCUT2D eigenvalue weighted by Gasteiger charge is 2.03. The van der Waals surface area contributed by atoms with Gasteiger partial charge in [-0.25, -0.2) is 0 Å². The van der Waals surface area contributed by atoms with E-state index < -0.39 is 0 Å². The lowest BCUT2D eigenvalue weighted by atomic mass is 10.2. The van der Waals surface area contributed by atoms with Gasteiger partial charge < -0.3 is 0 Å². The van der Waals surface area contributed by atoms with E-state index in [1.807, 2.05) is 0 Å². The maximum Gasteiger partial charge on any atom is 0.0319 e. The molecule has 16 heavy (non-hydrogen) atoms. The Balaban J connectivity index is 2.27. The molecule has 0 aliphatic carbocycles. The molecule has 0 amide bonds. The molecule has 1 aromatic heterocycles. The summed E-state index contributed by atoms with van der Waals surface area (Å²) in [5.41, 5.74) is 4.04. The Morgan fingerprint density at radius 1 is 1.19 bits per heavy atom. The van der Waals surface area contributed by atoms with Crippen LogP contribution in [0, 0.1) is 13.8 Å². The van der Waals surface area contributed by atoms with Crippen LogP contribution in [0.25, 0.3) is 0 Å². The van der Waals surface area contributed by atoms with Crippen molar-refractivity contribution in [2.24, 2.45) is 0 Å². The van der Waals surface area contributed by atoms with Crippen molar-refractivity contribution in [3.63, 3.8) is 0 Å². The first-order chi connectivity index (χ1) is 7.70. The molecule has 0 aliphatic rings. The molecule has 0 atom stereocenters. The van der Waals surface area contributed by atoms with E-state index in [1.165, 1.54) is 21.7 Å². The summed E-state index contributed by atoms with van der Waals surface area (Å²) >= 11 is 1.80. The summed E-state index contributed by atoms with van der Waals surface area (Å²) in [4.78, 5) is 1.33. The van der Waals surface area contributed by atoms with Gasteiger partial charge in [0.15, 0.2) is 0 Å². The van der Waals surface area contributed by atoms with Gasteiger partial charge in [0, 0.05) is 16.8 Å². The topological polar surface area (TPSA) is 4.93 Å². The molecule has 0 saturated carbocycles. The van der Waals surface area contributed by atoms with Gasteiger partial charge in [0.05, 0.1) is 0 Å². The molecule has 2 rings (SSSR count). The van der Waals surface area contributed by atoms with Gasteiger partial charge >= 0.3 is 0 Å². The fraction of sp³-hybridized carbons (Fsp3) is 0.286. The molecule has 0 radical (unpaired) electrons. The van der Waals surface area contributed by atoms with Crippen LogP contribution in [0.5, 0.6) is 0 Å². The fourth-order valence-corrected chi connectivity index (χ4v) is 2.75. The first kappa shape index (κ1) is 11.3. The van der Waals surface area contributed by atoms with Gasteiger partial charge in [-0.15, -0.1) is 0 Å². The minimum absolute atomic E-state index is 1.07. The normalized spacial score (nSPS) is 10.7. The van der Waals surface area contributed by atoms with Crippen LogP contribution in [0.4, 0.5) is 0 Å². The number of hydrogen-bond acceptors (Lipinski definition) is 1. The van der Waals surface area contributed by atoms with Crippen molar-refractivity contribution in [2.45, 2.75) is 32.1 Å². The van der Waals surface area contributed by atoms with E-state index in [9.17, 15) is 0 Å². The van der Waals surface area contributed by atoms with Gasteiger partial charge in [-0.05, 0) is 56.0 Å². The first-order valence-electron chi connectivity index (χ1n) is 5.62. The largest absolute Gasteiger partial charge is 0.292 e. The SMILES string of the molecule is CCc1cccn1Sc1ccc(C)cc1C. The Hall–Kier alpha value is -1.15. The van der Waals surface area contributed by atoms with Crippen LogP contribution in [0.3, 0.4) is 0 Å². The summed E-state index contributed by atoms with van der Waals surface area (Å²) < 4.78 is 2.25. The van der Waals surface area contributed by atoms with E-state index in [4.69, 9.17) is 0 Å². The highest BCUT2D eigenvalue weighted by Crippen LogP contribution is 2.26. The average Bonchev–Trinajstić information content (AvgIpc) is 2.69. The number of aryl methyl sites for hydroxylation is 3. The van der Waals surface area contributed by atoms with Crippen LogP contribution >= 0.6 is 11.9 Å². The molecular formula is C14H17NS. The summed E-state index contributed by atoms with van der Waals surface area (Å²) in [6.45, 7) is 6.49. The third-order valence-electron chi connectivity index (χ3n) is 2.68. The monoisotopic (exact) mass is 231 g/mol. The zero-order valence-corrected chi connectivity index (χ0v) is 10.8. The molecule has 0 spiro atoms. The predicted molar refractivity (Wildman–Crippen MR) is 71.0 cm³/mol. The minimum atomic E-state index is 1.07. The van der Waals surface area contributed by atoms with Crippen molar-refractivity contribution in [3.8, 4) is 0 Å². The maximum atomic E-state index is 2.25. The molecule has 0 saturated heterocycles. The second-order valence-electron chi connectivity index (χ2n) is 4.04. The van der Waals surface area contributed by atoms with Crippen LogP contribution in [0.2, 0.25) is 0 Å². The second-order valence-corrected chi connectivity index (χ2v) is 5.05. The lowest BCUT2D eigenvalue weighted by Crippen LogP contribution is -1.92.